The maximum atomic E-state index is 12.9. The molecule has 6 rings (SSSR count). The highest BCUT2D eigenvalue weighted by atomic mass is 79.9. The monoisotopic (exact) mass is 982 g/mol. The van der Waals surface area contributed by atoms with Crippen LogP contribution in [0.4, 0.5) is 0 Å². The first kappa shape index (κ1) is 50.3. The first-order chi connectivity index (χ1) is 29.2. The van der Waals surface area contributed by atoms with Crippen LogP contribution in [0.1, 0.15) is 96.8 Å². The number of fused-ring (bicyclic) bond motifs is 4. The Morgan fingerprint density at radius 3 is 1.15 bits per heavy atom. The number of rotatable bonds is 17. The second-order valence-electron chi connectivity index (χ2n) is 13.6. The van der Waals surface area contributed by atoms with Crippen LogP contribution in [0.15, 0.2) is 72.8 Å². The minimum Gasteiger partial charge on any atom is -0.508 e. The molecule has 334 valence electrons. The Bertz CT molecular complexity index is 2280. The molecule has 6 N–H and O–H groups in total. The highest BCUT2D eigenvalue weighted by molar-refractivity contribution is 9.09. The zero-order chi connectivity index (χ0) is 45.8. The summed E-state index contributed by atoms with van der Waals surface area (Å²) in [7, 11) is -11.0. The van der Waals surface area contributed by atoms with E-state index >= 15 is 0 Å². The summed E-state index contributed by atoms with van der Waals surface area (Å²) in [4.78, 5) is 85.7. The Hall–Kier alpha value is -4.31. The zero-order valence-corrected chi connectivity index (χ0v) is 37.9. The van der Waals surface area contributed by atoms with Crippen LogP contribution in [0.25, 0.3) is 0 Å². The number of carbonyl (C=O) groups is 4. The van der Waals surface area contributed by atoms with Crippen molar-refractivity contribution in [3.8, 4) is 23.0 Å². The number of aromatic hydroxyl groups is 2. The lowest BCUT2D eigenvalue weighted by Gasteiger charge is -2.19. The van der Waals surface area contributed by atoms with Crippen LogP contribution in [0.3, 0.4) is 0 Å². The molecule has 0 saturated carbocycles. The summed E-state index contributed by atoms with van der Waals surface area (Å²) in [5, 5.41) is 19.6. The lowest BCUT2D eigenvalue weighted by Crippen LogP contribution is -2.21. The Balaban J connectivity index is 0.000000235. The van der Waals surface area contributed by atoms with Gasteiger partial charge in [-0.05, 0) is 106 Å². The minimum absolute atomic E-state index is 0.0470. The van der Waals surface area contributed by atoms with Crippen LogP contribution >= 0.6 is 38.7 Å². The molecule has 4 aromatic carbocycles. The minimum atomic E-state index is -4.11. The van der Waals surface area contributed by atoms with E-state index in [0.717, 1.165) is 11.8 Å². The van der Waals surface area contributed by atoms with Crippen LogP contribution < -0.4 is 9.47 Å². The Kier molecular flexibility index (Phi) is 18.1. The molecule has 62 heavy (non-hydrogen) atoms. The lowest BCUT2D eigenvalue weighted by molar-refractivity contribution is 0.0978. The predicted octanol–water partition coefficient (Wildman–Crippen LogP) is 7.27. The summed E-state index contributed by atoms with van der Waals surface area (Å²) in [5.74, 6) is -0.889. The fraction of sp³-hybridized carbons (Fsp3) is 0.317. The third kappa shape index (κ3) is 14.1. The first-order valence-electron chi connectivity index (χ1n) is 19.1. The normalized spacial score (nSPS) is 13.1. The smallest absolute Gasteiger partial charge is 0.330 e. The van der Waals surface area contributed by atoms with E-state index in [-0.39, 0.29) is 118 Å². The molecule has 0 bridgehead atoms. The summed E-state index contributed by atoms with van der Waals surface area (Å²) in [6.45, 7) is 4.62. The summed E-state index contributed by atoms with van der Waals surface area (Å²) in [6, 6.07) is 16.9. The fourth-order valence-corrected chi connectivity index (χ4v) is 9.61. The number of alkyl halides is 1. The van der Waals surface area contributed by atoms with Crippen molar-refractivity contribution in [2.75, 3.05) is 50.2 Å². The SMILES string of the molecule is CCOP(=O)(CCCBr)OCC.O=C1c2ccc(O)cc2C(=O)c2ccc(O)cc21.O=C1c2ccc(OCCCP(=O)(O)O)cc2C(=O)c2ccc(OCCCP(=O)(O)O)cc21. The van der Waals surface area contributed by atoms with Crippen LogP contribution in [0, 0.1) is 0 Å². The third-order valence-corrected chi connectivity index (χ3v) is 13.4. The molecular weight excluding hydrogens is 937 g/mol. The van der Waals surface area contributed by atoms with Gasteiger partial charge in [0.15, 0.2) is 23.1 Å². The molecule has 0 aromatic heterocycles. The molecule has 0 atom stereocenters. The van der Waals surface area contributed by atoms with E-state index in [9.17, 15) is 43.1 Å². The zero-order valence-electron chi connectivity index (χ0n) is 33.6. The summed E-state index contributed by atoms with van der Waals surface area (Å²) in [6.07, 6.45) is 0.956. The van der Waals surface area contributed by atoms with Gasteiger partial charge >= 0.3 is 22.8 Å². The van der Waals surface area contributed by atoms with Crippen LogP contribution in [-0.4, -0.2) is 103 Å². The van der Waals surface area contributed by atoms with Gasteiger partial charge in [-0.25, -0.2) is 0 Å². The second-order valence-corrected chi connectivity index (χ2v) is 20.1. The fourth-order valence-electron chi connectivity index (χ4n) is 6.15. The highest BCUT2D eigenvalue weighted by Crippen LogP contribution is 2.48. The second kappa shape index (κ2) is 22.4. The molecule has 4 aromatic rings. The molecule has 2 aliphatic rings. The molecule has 0 radical (unpaired) electrons. The molecule has 0 fully saturated rings. The number of phenols is 2. The number of halogens is 1. The van der Waals surface area contributed by atoms with Gasteiger partial charge in [0.05, 0.1) is 44.9 Å². The van der Waals surface area contributed by atoms with E-state index in [4.69, 9.17) is 38.1 Å². The van der Waals surface area contributed by atoms with E-state index in [1.54, 1.807) is 0 Å². The third-order valence-electron chi connectivity index (χ3n) is 8.89. The summed E-state index contributed by atoms with van der Waals surface area (Å²) < 4.78 is 54.6. The van der Waals surface area contributed by atoms with Gasteiger partial charge in [0, 0.05) is 49.8 Å². The highest BCUT2D eigenvalue weighted by Gasteiger charge is 2.32. The number of carbonyl (C=O) groups excluding carboxylic acids is 4. The molecule has 0 aliphatic heterocycles. The van der Waals surface area contributed by atoms with Gasteiger partial charge in [0.1, 0.15) is 23.0 Å². The van der Waals surface area contributed by atoms with Crippen molar-refractivity contribution < 1.29 is 81.2 Å². The van der Waals surface area contributed by atoms with Gasteiger partial charge in [-0.3, -0.25) is 32.9 Å². The topological polar surface area (TPSA) is 278 Å². The van der Waals surface area contributed by atoms with Crippen molar-refractivity contribution in [3.05, 3.63) is 117 Å². The van der Waals surface area contributed by atoms with Gasteiger partial charge in [-0.2, -0.15) is 0 Å². The van der Waals surface area contributed by atoms with Crippen LogP contribution in [0.5, 0.6) is 23.0 Å². The number of hydrogen-bond acceptors (Lipinski definition) is 13. The van der Waals surface area contributed by atoms with Gasteiger partial charge < -0.3 is 48.3 Å². The van der Waals surface area contributed by atoms with Crippen molar-refractivity contribution in [1.82, 2.24) is 0 Å². The molecule has 21 heteroatoms. The molecular formula is C41H46BrO17P3. The quantitative estimate of drug-likeness (QED) is 0.0298. The number of benzene rings is 4. The lowest BCUT2D eigenvalue weighted by atomic mass is 9.84. The number of ether oxygens (including phenoxy) is 2. The summed E-state index contributed by atoms with van der Waals surface area (Å²) >= 11 is 3.27. The van der Waals surface area contributed by atoms with Crippen LogP contribution in [0.2, 0.25) is 0 Å². The number of phenolic OH excluding ortho intramolecular Hbond substituents is 2. The molecule has 0 saturated heterocycles. The van der Waals surface area contributed by atoms with Gasteiger partial charge in [0.2, 0.25) is 0 Å². The van der Waals surface area contributed by atoms with Crippen molar-refractivity contribution in [1.29, 1.82) is 0 Å². The van der Waals surface area contributed by atoms with Gasteiger partial charge in [-0.1, -0.05) is 15.9 Å². The maximum Gasteiger partial charge on any atom is 0.330 e. The van der Waals surface area contributed by atoms with E-state index in [2.05, 4.69) is 15.9 Å². The molecule has 0 unspecified atom stereocenters. The van der Waals surface area contributed by atoms with Crippen LogP contribution in [-0.2, 0) is 22.7 Å². The number of hydrogen-bond donors (Lipinski definition) is 6. The average molecular weight is 984 g/mol. The molecule has 0 spiro atoms. The van der Waals surface area contributed by atoms with Crippen molar-refractivity contribution in [2.45, 2.75) is 33.1 Å². The van der Waals surface area contributed by atoms with Gasteiger partial charge in [-0.15, -0.1) is 0 Å². The predicted molar refractivity (Wildman–Crippen MR) is 231 cm³/mol. The standard InChI is InChI=1S/C20H22O10P2.C14H8O4.C7H16BrO3P/c21-19-16-6-4-14(30-8-2-10-32(26,27)28)12-18(16)20(22)15-5-3-13(11-17(15)19)29-7-1-9-31(23,24)25;15-7-1-3-9-11(5-7)14(18)10-4-2-8(16)6-12(10)13(9)17;1-3-10-12(9,11-4-2)7-5-6-8/h3-6,11-12H,1-2,7-10H2,(H2,23,24,25)(H2,26,27,28);1-6,15-16H;3-7H2,1-2H3. The van der Waals surface area contributed by atoms with E-state index in [1.165, 1.54) is 72.8 Å². The molecule has 0 amide bonds. The van der Waals surface area contributed by atoms with Crippen molar-refractivity contribution >= 4 is 61.9 Å². The molecule has 17 nitrogen and oxygen atoms in total. The average Bonchev–Trinajstić information content (AvgIpc) is 3.21. The maximum absolute atomic E-state index is 12.9. The number of ketones is 4. The Morgan fingerprint density at radius 1 is 0.484 bits per heavy atom. The molecule has 2 aliphatic carbocycles. The largest absolute Gasteiger partial charge is 0.508 e. The van der Waals surface area contributed by atoms with E-state index in [1.807, 2.05) is 13.8 Å². The van der Waals surface area contributed by atoms with E-state index < -0.39 is 22.8 Å². The van der Waals surface area contributed by atoms with Crippen molar-refractivity contribution in [3.63, 3.8) is 0 Å². The molecule has 0 heterocycles. The first-order valence-corrected chi connectivity index (χ1v) is 25.6. The Morgan fingerprint density at radius 2 is 0.823 bits per heavy atom. The Labute approximate surface area is 365 Å². The van der Waals surface area contributed by atoms with Crippen molar-refractivity contribution in [2.24, 2.45) is 0 Å². The summed E-state index contributed by atoms with van der Waals surface area (Å²) in [5.41, 5.74) is 1.62. The van der Waals surface area contributed by atoms with Gasteiger partial charge in [0.25, 0.3) is 0 Å². The van der Waals surface area contributed by atoms with E-state index in [0.29, 0.717) is 30.9 Å².